The highest BCUT2D eigenvalue weighted by atomic mass is 79.9. The molecule has 0 atom stereocenters. The maximum atomic E-state index is 12.3. The fourth-order valence-electron chi connectivity index (χ4n) is 1.64. The Labute approximate surface area is 129 Å². The number of benzene rings is 1. The number of nitrogen functional groups attached to an aromatic ring is 1. The summed E-state index contributed by atoms with van der Waals surface area (Å²) in [5, 5.41) is 3.20. The maximum absolute atomic E-state index is 12.3. The van der Waals surface area contributed by atoms with Crippen molar-refractivity contribution in [3.05, 3.63) is 51.1 Å². The molecule has 1 amide bonds. The molecule has 1 heterocycles. The molecule has 1 aromatic heterocycles. The molecule has 0 saturated heterocycles. The Balaban J connectivity index is 2.30. The zero-order chi connectivity index (χ0) is 14.7. The normalized spacial score (nSPS) is 10.2. The Morgan fingerprint density at radius 3 is 2.80 bits per heavy atom. The number of amides is 1. The third-order valence-electron chi connectivity index (χ3n) is 2.61. The number of aromatic nitrogens is 1. The smallest absolute Gasteiger partial charge is 0.259 e. The molecule has 1 aromatic carbocycles. The van der Waals surface area contributed by atoms with Crippen LogP contribution in [0.2, 0.25) is 5.02 Å². The first-order valence-corrected chi connectivity index (χ1v) is 6.88. The molecule has 0 aliphatic heterocycles. The zero-order valence-corrected chi connectivity index (χ0v) is 12.9. The topological polar surface area (TPSA) is 80.0 Å². The van der Waals surface area contributed by atoms with Crippen LogP contribution in [0.5, 0.6) is 0 Å². The molecule has 0 spiro atoms. The van der Waals surface area contributed by atoms with Gasteiger partial charge in [0.15, 0.2) is 5.82 Å². The molecular weight excluding hydrogens is 344 g/mol. The Morgan fingerprint density at radius 1 is 1.40 bits per heavy atom. The van der Waals surface area contributed by atoms with E-state index in [1.807, 2.05) is 13.0 Å². The summed E-state index contributed by atoms with van der Waals surface area (Å²) in [5.74, 6) is 5.28. The molecule has 0 bridgehead atoms. The number of hydrogen-bond donors (Lipinski definition) is 3. The van der Waals surface area contributed by atoms with Crippen molar-refractivity contribution in [1.29, 1.82) is 0 Å². The second-order valence-corrected chi connectivity index (χ2v) is 5.45. The van der Waals surface area contributed by atoms with Crippen molar-refractivity contribution < 1.29 is 4.79 Å². The second-order valence-electron chi connectivity index (χ2n) is 4.13. The van der Waals surface area contributed by atoms with Gasteiger partial charge in [-0.2, -0.15) is 0 Å². The molecule has 0 radical (unpaired) electrons. The largest absolute Gasteiger partial charge is 0.321 e. The molecule has 0 unspecified atom stereocenters. The van der Waals surface area contributed by atoms with Gasteiger partial charge in [-0.15, -0.1) is 0 Å². The van der Waals surface area contributed by atoms with Gasteiger partial charge in [0.25, 0.3) is 5.91 Å². The van der Waals surface area contributed by atoms with Crippen LogP contribution in [0.4, 0.5) is 11.5 Å². The van der Waals surface area contributed by atoms with E-state index in [2.05, 4.69) is 31.7 Å². The molecule has 0 fully saturated rings. The lowest BCUT2D eigenvalue weighted by Crippen LogP contribution is -2.18. The summed E-state index contributed by atoms with van der Waals surface area (Å²) in [4.78, 5) is 16.3. The minimum atomic E-state index is -0.350. The quantitative estimate of drug-likeness (QED) is 0.583. The number of nitrogens with zero attached hydrogens (tertiary/aromatic N) is 1. The van der Waals surface area contributed by atoms with Crippen LogP contribution < -0.4 is 16.6 Å². The van der Waals surface area contributed by atoms with E-state index in [0.717, 1.165) is 5.56 Å². The molecule has 20 heavy (non-hydrogen) atoms. The van der Waals surface area contributed by atoms with Gasteiger partial charge in [0.2, 0.25) is 0 Å². The fourth-order valence-corrected chi connectivity index (χ4v) is 2.25. The van der Waals surface area contributed by atoms with Crippen LogP contribution in [0.1, 0.15) is 15.9 Å². The van der Waals surface area contributed by atoms with Gasteiger partial charge < -0.3 is 10.7 Å². The standard InChI is InChI=1S/C13H12BrClN4O/c1-7-2-3-11(10(15)4-7)18-13(20)9-5-8(14)6-17-12(9)19-16/h2-6H,16H2,1H3,(H,17,19)(H,18,20). The Hall–Kier alpha value is -1.63. The number of aryl methyl sites for hydroxylation is 1. The number of anilines is 2. The van der Waals surface area contributed by atoms with Gasteiger partial charge in [-0.3, -0.25) is 4.79 Å². The minimum absolute atomic E-state index is 0.286. The monoisotopic (exact) mass is 354 g/mol. The summed E-state index contributed by atoms with van der Waals surface area (Å²) in [6.45, 7) is 1.92. The van der Waals surface area contributed by atoms with Gasteiger partial charge in [-0.1, -0.05) is 17.7 Å². The van der Waals surface area contributed by atoms with Crippen molar-refractivity contribution in [2.24, 2.45) is 5.84 Å². The van der Waals surface area contributed by atoms with Crippen molar-refractivity contribution in [3.8, 4) is 0 Å². The summed E-state index contributed by atoms with van der Waals surface area (Å²) in [5.41, 5.74) is 4.25. The van der Waals surface area contributed by atoms with Gasteiger partial charge in [0.05, 0.1) is 16.3 Å². The van der Waals surface area contributed by atoms with E-state index < -0.39 is 0 Å². The molecule has 7 heteroatoms. The van der Waals surface area contributed by atoms with Gasteiger partial charge in [0.1, 0.15) is 0 Å². The summed E-state index contributed by atoms with van der Waals surface area (Å²) in [6, 6.07) is 7.01. The first-order valence-electron chi connectivity index (χ1n) is 5.71. The Bertz CT molecular complexity index is 663. The lowest BCUT2D eigenvalue weighted by molar-refractivity contribution is 0.102. The average Bonchev–Trinajstić information content (AvgIpc) is 2.41. The van der Waals surface area contributed by atoms with Crippen molar-refractivity contribution in [2.75, 3.05) is 10.7 Å². The van der Waals surface area contributed by atoms with E-state index in [1.165, 1.54) is 0 Å². The van der Waals surface area contributed by atoms with E-state index in [0.29, 0.717) is 20.7 Å². The molecule has 104 valence electrons. The number of halogens is 2. The summed E-state index contributed by atoms with van der Waals surface area (Å²) in [7, 11) is 0. The third kappa shape index (κ3) is 3.27. The van der Waals surface area contributed by atoms with E-state index in [-0.39, 0.29) is 11.7 Å². The van der Waals surface area contributed by atoms with E-state index in [9.17, 15) is 4.79 Å². The highest BCUT2D eigenvalue weighted by molar-refractivity contribution is 9.10. The molecule has 4 N–H and O–H groups in total. The fraction of sp³-hybridized carbons (Fsp3) is 0.0769. The van der Waals surface area contributed by atoms with Crippen molar-refractivity contribution in [1.82, 2.24) is 4.98 Å². The van der Waals surface area contributed by atoms with Gasteiger partial charge in [0, 0.05) is 10.7 Å². The van der Waals surface area contributed by atoms with Crippen molar-refractivity contribution >= 4 is 44.9 Å². The van der Waals surface area contributed by atoms with Crippen LogP contribution in [0.3, 0.4) is 0 Å². The van der Waals surface area contributed by atoms with Crippen LogP contribution in [0, 0.1) is 6.92 Å². The number of pyridine rings is 1. The average molecular weight is 356 g/mol. The molecule has 0 saturated carbocycles. The molecule has 5 nitrogen and oxygen atoms in total. The maximum Gasteiger partial charge on any atom is 0.259 e. The summed E-state index contributed by atoms with van der Waals surface area (Å²) >= 11 is 9.35. The van der Waals surface area contributed by atoms with Crippen LogP contribution in [-0.2, 0) is 0 Å². The predicted molar refractivity (Wildman–Crippen MR) is 83.9 cm³/mol. The summed E-state index contributed by atoms with van der Waals surface area (Å²) < 4.78 is 0.677. The Kier molecular flexibility index (Phi) is 4.59. The van der Waals surface area contributed by atoms with E-state index >= 15 is 0 Å². The minimum Gasteiger partial charge on any atom is -0.321 e. The predicted octanol–water partition coefficient (Wildman–Crippen LogP) is 3.34. The van der Waals surface area contributed by atoms with Crippen LogP contribution in [0.25, 0.3) is 0 Å². The highest BCUT2D eigenvalue weighted by Gasteiger charge is 2.14. The molecule has 2 rings (SSSR count). The zero-order valence-electron chi connectivity index (χ0n) is 10.6. The number of nitrogens with one attached hydrogen (secondary N) is 2. The SMILES string of the molecule is Cc1ccc(NC(=O)c2cc(Br)cnc2NN)c(Cl)c1. The Morgan fingerprint density at radius 2 is 2.15 bits per heavy atom. The van der Waals surface area contributed by atoms with Crippen LogP contribution >= 0.6 is 27.5 Å². The number of carbonyl (C=O) groups excluding carboxylic acids is 1. The first-order chi connectivity index (χ1) is 9.51. The number of nitrogens with two attached hydrogens (primary N) is 1. The van der Waals surface area contributed by atoms with E-state index in [1.54, 1.807) is 24.4 Å². The van der Waals surface area contributed by atoms with Gasteiger partial charge in [-0.05, 0) is 46.6 Å². The second kappa shape index (κ2) is 6.21. The number of rotatable bonds is 3. The van der Waals surface area contributed by atoms with Crippen LogP contribution in [0.15, 0.2) is 34.9 Å². The van der Waals surface area contributed by atoms with Crippen molar-refractivity contribution in [2.45, 2.75) is 6.92 Å². The third-order valence-corrected chi connectivity index (χ3v) is 3.35. The van der Waals surface area contributed by atoms with Gasteiger partial charge in [-0.25, -0.2) is 10.8 Å². The first kappa shape index (κ1) is 14.8. The van der Waals surface area contributed by atoms with E-state index in [4.69, 9.17) is 17.4 Å². The molecule has 0 aliphatic carbocycles. The van der Waals surface area contributed by atoms with Crippen LogP contribution in [-0.4, -0.2) is 10.9 Å². The number of hydrogen-bond acceptors (Lipinski definition) is 4. The molecule has 0 aliphatic rings. The number of carbonyl (C=O) groups is 1. The lowest BCUT2D eigenvalue weighted by atomic mass is 10.2. The molecular formula is C13H12BrClN4O. The lowest BCUT2D eigenvalue weighted by Gasteiger charge is -2.10. The summed E-state index contributed by atoms with van der Waals surface area (Å²) in [6.07, 6.45) is 1.55. The van der Waals surface area contributed by atoms with Crippen molar-refractivity contribution in [3.63, 3.8) is 0 Å². The molecule has 2 aromatic rings. The van der Waals surface area contributed by atoms with Gasteiger partial charge >= 0.3 is 0 Å². The number of hydrazine groups is 1. The highest BCUT2D eigenvalue weighted by Crippen LogP contribution is 2.25.